The zero-order chi connectivity index (χ0) is 12.0. The zero-order valence-electron chi connectivity index (χ0n) is 9.52. The van der Waals surface area contributed by atoms with E-state index in [4.69, 9.17) is 4.55 Å². The van der Waals surface area contributed by atoms with Gasteiger partial charge in [0.05, 0.1) is 0 Å². The quantitative estimate of drug-likeness (QED) is 0.616. The Kier molecular flexibility index (Phi) is 4.96. The highest BCUT2D eigenvalue weighted by Crippen LogP contribution is 2.10. The van der Waals surface area contributed by atoms with Crippen LogP contribution in [0.1, 0.15) is 37.3 Å². The number of hydrogen-bond acceptors (Lipinski definition) is 2. The molecule has 90 valence electrons. The number of aryl methyl sites for hydroxylation is 1. The predicted octanol–water partition coefficient (Wildman–Crippen LogP) is 2.81. The lowest BCUT2D eigenvalue weighted by Gasteiger charge is -2.02. The van der Waals surface area contributed by atoms with Gasteiger partial charge in [-0.25, -0.2) is 0 Å². The molecule has 0 amide bonds. The molecule has 3 nitrogen and oxygen atoms in total. The van der Waals surface area contributed by atoms with Crippen LogP contribution in [-0.4, -0.2) is 13.0 Å². The van der Waals surface area contributed by atoms with Crippen LogP contribution in [0.25, 0.3) is 0 Å². The van der Waals surface area contributed by atoms with Crippen LogP contribution in [0.4, 0.5) is 0 Å². The van der Waals surface area contributed by atoms with Gasteiger partial charge in [0.15, 0.2) is 0 Å². The van der Waals surface area contributed by atoms with Crippen molar-refractivity contribution in [3.05, 3.63) is 35.4 Å². The summed E-state index contributed by atoms with van der Waals surface area (Å²) in [6.07, 6.45) is 4.60. The van der Waals surface area contributed by atoms with Crippen molar-refractivity contribution in [2.45, 2.75) is 38.4 Å². The van der Waals surface area contributed by atoms with E-state index in [0.29, 0.717) is 5.56 Å². The van der Waals surface area contributed by atoms with Gasteiger partial charge in [-0.15, -0.1) is 0 Å². The van der Waals surface area contributed by atoms with Crippen molar-refractivity contribution in [2.75, 3.05) is 0 Å². The molecule has 0 saturated carbocycles. The largest absolute Gasteiger partial charge is 0.285 e. The summed E-state index contributed by atoms with van der Waals surface area (Å²) in [4.78, 5) is 0. The fraction of sp³-hybridized carbons (Fsp3) is 0.500. The summed E-state index contributed by atoms with van der Waals surface area (Å²) in [5.74, 6) is -0.303. The Morgan fingerprint density at radius 1 is 1.06 bits per heavy atom. The lowest BCUT2D eigenvalue weighted by atomic mass is 10.1. The molecule has 0 radical (unpaired) electrons. The highest BCUT2D eigenvalue weighted by molar-refractivity contribution is 7.85. The normalized spacial score (nSPS) is 11.6. The van der Waals surface area contributed by atoms with E-state index in [1.165, 1.54) is 18.4 Å². The molecule has 1 N–H and O–H groups in total. The third-order valence-corrected chi connectivity index (χ3v) is 3.14. The molecule has 4 heteroatoms. The van der Waals surface area contributed by atoms with E-state index < -0.39 is 10.1 Å². The van der Waals surface area contributed by atoms with Crippen molar-refractivity contribution in [3.63, 3.8) is 0 Å². The molecule has 1 rings (SSSR count). The first-order chi connectivity index (χ1) is 7.51. The molecule has 0 aromatic heterocycles. The van der Waals surface area contributed by atoms with E-state index in [1.807, 2.05) is 12.1 Å². The molecule has 0 aliphatic heterocycles. The molecule has 16 heavy (non-hydrogen) atoms. The van der Waals surface area contributed by atoms with Crippen LogP contribution >= 0.6 is 0 Å². The van der Waals surface area contributed by atoms with Crippen molar-refractivity contribution >= 4 is 10.1 Å². The second-order valence-corrected chi connectivity index (χ2v) is 5.45. The molecule has 0 unspecified atom stereocenters. The predicted molar refractivity (Wildman–Crippen MR) is 64.9 cm³/mol. The number of benzene rings is 1. The topological polar surface area (TPSA) is 54.4 Å². The molecule has 0 atom stereocenters. The van der Waals surface area contributed by atoms with Crippen molar-refractivity contribution in [2.24, 2.45) is 0 Å². The molecule has 1 aromatic rings. The third kappa shape index (κ3) is 5.28. The molecule has 0 spiro atoms. The lowest BCUT2D eigenvalue weighted by Crippen LogP contribution is -2.01. The van der Waals surface area contributed by atoms with Gasteiger partial charge in [0.1, 0.15) is 5.75 Å². The maximum absolute atomic E-state index is 10.7. The van der Waals surface area contributed by atoms with Gasteiger partial charge in [0.2, 0.25) is 0 Å². The minimum atomic E-state index is -3.91. The molecule has 1 aromatic carbocycles. The van der Waals surface area contributed by atoms with Crippen molar-refractivity contribution < 1.29 is 13.0 Å². The Bertz CT molecular complexity index is 406. The Balaban J connectivity index is 2.54. The highest BCUT2D eigenvalue weighted by Gasteiger charge is 2.05. The van der Waals surface area contributed by atoms with Gasteiger partial charge >= 0.3 is 0 Å². The molecule has 0 heterocycles. The maximum atomic E-state index is 10.7. The third-order valence-electron chi connectivity index (χ3n) is 2.44. The average Bonchev–Trinajstić information content (AvgIpc) is 2.19. The lowest BCUT2D eigenvalue weighted by molar-refractivity contribution is 0.482. The Hall–Kier alpha value is -0.870. The second kappa shape index (κ2) is 6.01. The van der Waals surface area contributed by atoms with Crippen LogP contribution in [0.3, 0.4) is 0 Å². The first kappa shape index (κ1) is 13.2. The van der Waals surface area contributed by atoms with E-state index in [2.05, 4.69) is 6.92 Å². The van der Waals surface area contributed by atoms with Crippen molar-refractivity contribution in [1.29, 1.82) is 0 Å². The molecule has 0 saturated heterocycles. The first-order valence-corrected chi connectivity index (χ1v) is 7.15. The fourth-order valence-electron chi connectivity index (χ4n) is 1.59. The fourth-order valence-corrected chi connectivity index (χ4v) is 2.21. The van der Waals surface area contributed by atoms with Crippen LogP contribution in [-0.2, 0) is 22.3 Å². The van der Waals surface area contributed by atoms with E-state index in [0.717, 1.165) is 12.8 Å². The number of hydrogen-bond donors (Lipinski definition) is 1. The monoisotopic (exact) mass is 242 g/mol. The molecule has 0 fully saturated rings. The number of rotatable bonds is 6. The van der Waals surface area contributed by atoms with E-state index >= 15 is 0 Å². The molecule has 0 aliphatic carbocycles. The van der Waals surface area contributed by atoms with Gasteiger partial charge in [-0.2, -0.15) is 8.42 Å². The summed E-state index contributed by atoms with van der Waals surface area (Å²) < 4.78 is 30.0. The minimum absolute atomic E-state index is 0.303. The van der Waals surface area contributed by atoms with E-state index in [9.17, 15) is 8.42 Å². The summed E-state index contributed by atoms with van der Waals surface area (Å²) in [5, 5.41) is 0. The standard InChI is InChI=1S/C12H18O3S/c1-2-3-4-5-11-6-8-12(9-7-11)10-16(13,14)15/h6-9H,2-5,10H2,1H3,(H,13,14,15). The van der Waals surface area contributed by atoms with Crippen LogP contribution in [0, 0.1) is 0 Å². The summed E-state index contributed by atoms with van der Waals surface area (Å²) >= 11 is 0. The van der Waals surface area contributed by atoms with Gasteiger partial charge in [0, 0.05) is 0 Å². The SMILES string of the molecule is CCCCCc1ccc(CS(=O)(=O)O)cc1. The van der Waals surface area contributed by atoms with Crippen molar-refractivity contribution in [1.82, 2.24) is 0 Å². The van der Waals surface area contributed by atoms with Crippen LogP contribution in [0.5, 0.6) is 0 Å². The van der Waals surface area contributed by atoms with E-state index in [-0.39, 0.29) is 5.75 Å². The van der Waals surface area contributed by atoms with Crippen LogP contribution in [0.2, 0.25) is 0 Å². The van der Waals surface area contributed by atoms with Crippen LogP contribution in [0.15, 0.2) is 24.3 Å². The van der Waals surface area contributed by atoms with Gasteiger partial charge in [0.25, 0.3) is 10.1 Å². The Morgan fingerprint density at radius 3 is 2.12 bits per heavy atom. The molecule has 0 bridgehead atoms. The minimum Gasteiger partial charge on any atom is -0.285 e. The van der Waals surface area contributed by atoms with Crippen molar-refractivity contribution in [3.8, 4) is 0 Å². The Labute approximate surface area is 97.2 Å². The first-order valence-electron chi connectivity index (χ1n) is 5.54. The average molecular weight is 242 g/mol. The Morgan fingerprint density at radius 2 is 1.62 bits per heavy atom. The van der Waals surface area contributed by atoms with Crippen LogP contribution < -0.4 is 0 Å². The summed E-state index contributed by atoms with van der Waals surface area (Å²) in [6.45, 7) is 2.16. The maximum Gasteiger partial charge on any atom is 0.269 e. The number of unbranched alkanes of at least 4 members (excludes halogenated alkanes) is 2. The molecule has 0 aliphatic rings. The van der Waals surface area contributed by atoms with E-state index in [1.54, 1.807) is 12.1 Å². The smallest absolute Gasteiger partial charge is 0.269 e. The van der Waals surface area contributed by atoms with Gasteiger partial charge < -0.3 is 0 Å². The summed E-state index contributed by atoms with van der Waals surface area (Å²) in [5.41, 5.74) is 1.84. The zero-order valence-corrected chi connectivity index (χ0v) is 10.3. The summed E-state index contributed by atoms with van der Waals surface area (Å²) in [6, 6.07) is 7.37. The molecular formula is C12H18O3S. The van der Waals surface area contributed by atoms with Gasteiger partial charge in [-0.05, 0) is 24.0 Å². The summed E-state index contributed by atoms with van der Waals surface area (Å²) in [7, 11) is -3.91. The second-order valence-electron chi connectivity index (χ2n) is 4.00. The highest BCUT2D eigenvalue weighted by atomic mass is 32.2. The molecular weight excluding hydrogens is 224 g/mol. The van der Waals surface area contributed by atoms with Gasteiger partial charge in [-0.3, -0.25) is 4.55 Å². The van der Waals surface area contributed by atoms with Gasteiger partial charge in [-0.1, -0.05) is 44.0 Å².